The summed E-state index contributed by atoms with van der Waals surface area (Å²) < 4.78 is 22.5. The van der Waals surface area contributed by atoms with Crippen molar-refractivity contribution in [3.8, 4) is 0 Å². The molecule has 84 valence electrons. The van der Waals surface area contributed by atoms with Crippen molar-refractivity contribution in [1.29, 1.82) is 0 Å². The second kappa shape index (κ2) is 4.16. The Bertz CT molecular complexity index is 288. The van der Waals surface area contributed by atoms with Crippen molar-refractivity contribution in [1.82, 2.24) is 0 Å². The molecule has 0 saturated carbocycles. The lowest BCUT2D eigenvalue weighted by Crippen LogP contribution is -2.43. The summed E-state index contributed by atoms with van der Waals surface area (Å²) in [5.74, 6) is -0.0873. The van der Waals surface area contributed by atoms with Gasteiger partial charge in [0.15, 0.2) is 9.84 Å². The maximum Gasteiger partial charge on any atom is 0.153 e. The van der Waals surface area contributed by atoms with Crippen LogP contribution in [0.4, 0.5) is 0 Å². The summed E-state index contributed by atoms with van der Waals surface area (Å²) in [6, 6.07) is 0. The number of nitrogens with two attached hydrogens (primary N) is 1. The van der Waals surface area contributed by atoms with Crippen molar-refractivity contribution in [2.45, 2.75) is 31.8 Å². The molecule has 1 rings (SSSR count). The van der Waals surface area contributed by atoms with Gasteiger partial charge in [-0.3, -0.25) is 0 Å². The second-order valence-corrected chi connectivity index (χ2v) is 6.35. The highest BCUT2D eigenvalue weighted by molar-refractivity contribution is 7.91. The first-order valence-electron chi connectivity index (χ1n) is 5.06. The molecule has 1 aliphatic heterocycles. The Labute approximate surface area is 85.4 Å². The van der Waals surface area contributed by atoms with Crippen LogP contribution in [0.15, 0.2) is 0 Å². The Kier molecular flexibility index (Phi) is 3.55. The van der Waals surface area contributed by atoms with Crippen molar-refractivity contribution < 1.29 is 13.5 Å². The van der Waals surface area contributed by atoms with E-state index < -0.39 is 15.4 Å². The molecule has 1 saturated heterocycles. The zero-order chi connectivity index (χ0) is 10.8. The Morgan fingerprint density at radius 3 is 2.57 bits per heavy atom. The largest absolute Gasteiger partial charge is 0.388 e. The van der Waals surface area contributed by atoms with Gasteiger partial charge in [-0.05, 0) is 19.4 Å². The molecule has 0 aromatic rings. The summed E-state index contributed by atoms with van der Waals surface area (Å²) in [6.45, 7) is 2.37. The Morgan fingerprint density at radius 2 is 2.21 bits per heavy atom. The van der Waals surface area contributed by atoms with E-state index in [1.165, 1.54) is 0 Å². The summed E-state index contributed by atoms with van der Waals surface area (Å²) >= 11 is 0. The van der Waals surface area contributed by atoms with Crippen LogP contribution in [0.1, 0.15) is 26.2 Å². The van der Waals surface area contributed by atoms with Gasteiger partial charge in [0.1, 0.15) is 0 Å². The molecule has 0 radical (unpaired) electrons. The molecule has 1 heterocycles. The SMILES string of the molecule is CCCC(CN)C1(O)CCS(=O)(=O)C1. The molecule has 0 amide bonds. The van der Waals surface area contributed by atoms with Crippen LogP contribution < -0.4 is 5.73 Å². The predicted octanol–water partition coefficient (Wildman–Crippen LogP) is -0.0890. The van der Waals surface area contributed by atoms with Crippen LogP contribution in [0.25, 0.3) is 0 Å². The van der Waals surface area contributed by atoms with Gasteiger partial charge in [0, 0.05) is 5.92 Å². The van der Waals surface area contributed by atoms with Gasteiger partial charge in [-0.1, -0.05) is 13.3 Å². The Morgan fingerprint density at radius 1 is 1.57 bits per heavy atom. The van der Waals surface area contributed by atoms with Gasteiger partial charge in [-0.2, -0.15) is 0 Å². The van der Waals surface area contributed by atoms with Crippen LogP contribution in [0, 0.1) is 5.92 Å². The first-order valence-corrected chi connectivity index (χ1v) is 6.88. The van der Waals surface area contributed by atoms with Gasteiger partial charge in [0.25, 0.3) is 0 Å². The van der Waals surface area contributed by atoms with E-state index in [0.29, 0.717) is 13.0 Å². The predicted molar refractivity (Wildman–Crippen MR) is 55.7 cm³/mol. The summed E-state index contributed by atoms with van der Waals surface area (Å²) in [7, 11) is -3.03. The standard InChI is InChI=1S/C9H19NO3S/c1-2-3-8(6-10)9(11)4-5-14(12,13)7-9/h8,11H,2-7,10H2,1H3. The van der Waals surface area contributed by atoms with Crippen molar-refractivity contribution in [3.05, 3.63) is 0 Å². The highest BCUT2D eigenvalue weighted by Gasteiger charge is 2.45. The summed E-state index contributed by atoms with van der Waals surface area (Å²) in [6.07, 6.45) is 2.06. The fourth-order valence-electron chi connectivity index (χ4n) is 2.13. The van der Waals surface area contributed by atoms with Crippen molar-refractivity contribution in [2.24, 2.45) is 11.7 Å². The normalized spacial score (nSPS) is 33.1. The molecule has 5 heteroatoms. The van der Waals surface area contributed by atoms with Gasteiger partial charge in [-0.25, -0.2) is 8.42 Å². The third-order valence-electron chi connectivity index (χ3n) is 3.00. The monoisotopic (exact) mass is 221 g/mol. The molecular weight excluding hydrogens is 202 g/mol. The van der Waals surface area contributed by atoms with Gasteiger partial charge < -0.3 is 10.8 Å². The van der Waals surface area contributed by atoms with Gasteiger partial charge in [-0.15, -0.1) is 0 Å². The maximum atomic E-state index is 11.3. The van der Waals surface area contributed by atoms with E-state index in [4.69, 9.17) is 5.73 Å². The second-order valence-electron chi connectivity index (χ2n) is 4.17. The third kappa shape index (κ3) is 2.46. The lowest BCUT2D eigenvalue weighted by atomic mass is 9.84. The van der Waals surface area contributed by atoms with Crippen LogP contribution in [0.3, 0.4) is 0 Å². The lowest BCUT2D eigenvalue weighted by Gasteiger charge is -2.30. The van der Waals surface area contributed by atoms with E-state index in [1.807, 2.05) is 6.92 Å². The highest BCUT2D eigenvalue weighted by atomic mass is 32.2. The number of hydrogen-bond donors (Lipinski definition) is 2. The minimum absolute atomic E-state index is 0.0789. The molecule has 0 aliphatic carbocycles. The first kappa shape index (κ1) is 11.9. The summed E-state index contributed by atoms with van der Waals surface area (Å²) in [5.41, 5.74) is 4.49. The van der Waals surface area contributed by atoms with Crippen molar-refractivity contribution in [2.75, 3.05) is 18.1 Å². The van der Waals surface area contributed by atoms with Crippen LogP contribution >= 0.6 is 0 Å². The quantitative estimate of drug-likeness (QED) is 0.695. The maximum absolute atomic E-state index is 11.3. The molecule has 14 heavy (non-hydrogen) atoms. The third-order valence-corrected chi connectivity index (χ3v) is 4.76. The number of rotatable bonds is 4. The van der Waals surface area contributed by atoms with E-state index in [1.54, 1.807) is 0 Å². The minimum atomic E-state index is -3.03. The van der Waals surface area contributed by atoms with Crippen LogP contribution in [0.5, 0.6) is 0 Å². The van der Waals surface area contributed by atoms with E-state index >= 15 is 0 Å². The molecular formula is C9H19NO3S. The molecule has 0 bridgehead atoms. The first-order chi connectivity index (χ1) is 6.43. The fourth-order valence-corrected chi connectivity index (χ4v) is 4.08. The van der Waals surface area contributed by atoms with E-state index in [2.05, 4.69) is 0 Å². The number of hydrogen-bond acceptors (Lipinski definition) is 4. The summed E-state index contributed by atoms with van der Waals surface area (Å²) in [4.78, 5) is 0. The van der Waals surface area contributed by atoms with E-state index in [0.717, 1.165) is 12.8 Å². The molecule has 1 aliphatic rings. The molecule has 2 unspecified atom stereocenters. The Balaban J connectivity index is 2.75. The van der Waals surface area contributed by atoms with E-state index in [-0.39, 0.29) is 17.4 Å². The molecule has 2 atom stereocenters. The topological polar surface area (TPSA) is 80.4 Å². The highest BCUT2D eigenvalue weighted by Crippen LogP contribution is 2.32. The van der Waals surface area contributed by atoms with Crippen molar-refractivity contribution >= 4 is 9.84 Å². The van der Waals surface area contributed by atoms with Crippen LogP contribution in [0.2, 0.25) is 0 Å². The van der Waals surface area contributed by atoms with Crippen molar-refractivity contribution in [3.63, 3.8) is 0 Å². The van der Waals surface area contributed by atoms with Gasteiger partial charge >= 0.3 is 0 Å². The zero-order valence-corrected chi connectivity index (χ0v) is 9.39. The minimum Gasteiger partial charge on any atom is -0.388 e. The Hall–Kier alpha value is -0.130. The lowest BCUT2D eigenvalue weighted by molar-refractivity contribution is 0.00577. The molecule has 0 spiro atoms. The average molecular weight is 221 g/mol. The fraction of sp³-hybridized carbons (Fsp3) is 1.00. The van der Waals surface area contributed by atoms with E-state index in [9.17, 15) is 13.5 Å². The van der Waals surface area contributed by atoms with Gasteiger partial charge in [0.2, 0.25) is 0 Å². The molecule has 0 aromatic heterocycles. The summed E-state index contributed by atoms with van der Waals surface area (Å²) in [5, 5.41) is 10.2. The molecule has 4 nitrogen and oxygen atoms in total. The van der Waals surface area contributed by atoms with Gasteiger partial charge in [0.05, 0.1) is 17.1 Å². The number of aliphatic hydroxyl groups is 1. The van der Waals surface area contributed by atoms with Crippen LogP contribution in [-0.2, 0) is 9.84 Å². The molecule has 1 fully saturated rings. The smallest absolute Gasteiger partial charge is 0.153 e. The molecule has 3 N–H and O–H groups in total. The zero-order valence-electron chi connectivity index (χ0n) is 8.57. The average Bonchev–Trinajstić information content (AvgIpc) is 2.37. The number of sulfone groups is 1. The van der Waals surface area contributed by atoms with Crippen LogP contribution in [-0.4, -0.2) is 37.2 Å². The molecule has 0 aromatic carbocycles.